The van der Waals surface area contributed by atoms with Crippen LogP contribution in [0.25, 0.3) is 0 Å². The van der Waals surface area contributed by atoms with Crippen LogP contribution >= 0.6 is 24.0 Å². The summed E-state index contributed by atoms with van der Waals surface area (Å²) < 4.78 is 5.68. The number of halogens is 1. The number of nitrogens with one attached hydrogen (secondary N) is 2. The standard InChI is InChI=1S/C20H29N5O.HI/c1-5-21-20(23-14-16-10-7-8-12-18(16)26-6-2)24-15-17-11-9-13-22-19(17)25(3)4;/h7-13H,5-6,14-15H2,1-4H3,(H2,21,23,24);1H. The van der Waals surface area contributed by atoms with Crippen molar-refractivity contribution < 1.29 is 4.74 Å². The van der Waals surface area contributed by atoms with E-state index in [2.05, 4.69) is 28.6 Å². The van der Waals surface area contributed by atoms with E-state index in [1.165, 1.54) is 0 Å². The molecule has 0 aliphatic heterocycles. The van der Waals surface area contributed by atoms with Crippen molar-refractivity contribution in [2.45, 2.75) is 26.9 Å². The van der Waals surface area contributed by atoms with E-state index in [1.807, 2.05) is 62.4 Å². The van der Waals surface area contributed by atoms with Gasteiger partial charge in [0.15, 0.2) is 5.96 Å². The van der Waals surface area contributed by atoms with Gasteiger partial charge in [0.05, 0.1) is 13.2 Å². The molecule has 0 radical (unpaired) electrons. The maximum atomic E-state index is 5.68. The molecule has 6 nitrogen and oxygen atoms in total. The Morgan fingerprint density at radius 2 is 1.81 bits per heavy atom. The van der Waals surface area contributed by atoms with Gasteiger partial charge in [0.1, 0.15) is 11.6 Å². The molecule has 0 fully saturated rings. The molecule has 1 aromatic carbocycles. The first kappa shape index (κ1) is 23.0. The third-order valence-corrected chi connectivity index (χ3v) is 3.76. The first-order chi connectivity index (χ1) is 12.7. The summed E-state index contributed by atoms with van der Waals surface area (Å²) in [5.74, 6) is 2.61. The van der Waals surface area contributed by atoms with Gasteiger partial charge in [-0.15, -0.1) is 24.0 Å². The summed E-state index contributed by atoms with van der Waals surface area (Å²) in [4.78, 5) is 11.1. The van der Waals surface area contributed by atoms with Crippen LogP contribution in [0.5, 0.6) is 5.75 Å². The van der Waals surface area contributed by atoms with Crippen LogP contribution in [0.3, 0.4) is 0 Å². The van der Waals surface area contributed by atoms with Gasteiger partial charge in [-0.3, -0.25) is 0 Å². The molecule has 0 atom stereocenters. The number of benzene rings is 1. The average molecular weight is 483 g/mol. The van der Waals surface area contributed by atoms with Crippen molar-refractivity contribution in [2.75, 3.05) is 32.1 Å². The second kappa shape index (κ2) is 12.4. The van der Waals surface area contributed by atoms with Crippen molar-refractivity contribution >= 4 is 35.8 Å². The Morgan fingerprint density at radius 1 is 1.07 bits per heavy atom. The lowest BCUT2D eigenvalue weighted by molar-refractivity contribution is 0.336. The van der Waals surface area contributed by atoms with E-state index in [9.17, 15) is 0 Å². The van der Waals surface area contributed by atoms with Crippen LogP contribution in [0.2, 0.25) is 0 Å². The maximum Gasteiger partial charge on any atom is 0.191 e. The van der Waals surface area contributed by atoms with Crippen LogP contribution in [-0.4, -0.2) is 38.2 Å². The van der Waals surface area contributed by atoms with Crippen molar-refractivity contribution in [2.24, 2.45) is 4.99 Å². The summed E-state index contributed by atoms with van der Waals surface area (Å²) in [5, 5.41) is 6.67. The molecule has 2 rings (SSSR count). The van der Waals surface area contributed by atoms with Crippen LogP contribution in [0.15, 0.2) is 47.6 Å². The van der Waals surface area contributed by atoms with Crippen LogP contribution < -0.4 is 20.3 Å². The fourth-order valence-electron chi connectivity index (χ4n) is 2.59. The second-order valence-electron chi connectivity index (χ2n) is 5.97. The predicted molar refractivity (Wildman–Crippen MR) is 123 cm³/mol. The smallest absolute Gasteiger partial charge is 0.191 e. The normalized spacial score (nSPS) is 10.7. The first-order valence-corrected chi connectivity index (χ1v) is 8.99. The highest BCUT2D eigenvalue weighted by Gasteiger charge is 2.07. The molecular formula is C20H30IN5O. The minimum absolute atomic E-state index is 0. The molecule has 0 aliphatic carbocycles. The topological polar surface area (TPSA) is 61.8 Å². The summed E-state index contributed by atoms with van der Waals surface area (Å²) in [6, 6.07) is 12.0. The van der Waals surface area contributed by atoms with Crippen molar-refractivity contribution in [1.29, 1.82) is 0 Å². The molecule has 0 saturated carbocycles. The molecule has 27 heavy (non-hydrogen) atoms. The highest BCUT2D eigenvalue weighted by atomic mass is 127. The average Bonchev–Trinajstić information content (AvgIpc) is 2.65. The molecule has 0 saturated heterocycles. The Balaban J connectivity index is 0.00000364. The zero-order chi connectivity index (χ0) is 18.8. The number of hydrogen-bond acceptors (Lipinski definition) is 4. The highest BCUT2D eigenvalue weighted by Crippen LogP contribution is 2.19. The van der Waals surface area contributed by atoms with Gasteiger partial charge in [0.25, 0.3) is 0 Å². The number of nitrogens with zero attached hydrogens (tertiary/aromatic N) is 3. The molecule has 2 aromatic rings. The number of aliphatic imine (C=N–C) groups is 1. The van der Waals surface area contributed by atoms with Crippen LogP contribution in [0.1, 0.15) is 25.0 Å². The van der Waals surface area contributed by atoms with E-state index >= 15 is 0 Å². The molecule has 0 unspecified atom stereocenters. The Labute approximate surface area is 179 Å². The Kier molecular flexibility index (Phi) is 10.5. The monoisotopic (exact) mass is 483 g/mol. The van der Waals surface area contributed by atoms with Crippen LogP contribution in [0, 0.1) is 0 Å². The number of hydrogen-bond donors (Lipinski definition) is 2. The van der Waals surface area contributed by atoms with Gasteiger partial charge >= 0.3 is 0 Å². The highest BCUT2D eigenvalue weighted by molar-refractivity contribution is 14.0. The van der Waals surface area contributed by atoms with Gasteiger partial charge in [-0.2, -0.15) is 0 Å². The molecule has 148 valence electrons. The number of anilines is 1. The number of para-hydroxylation sites is 1. The Hall–Kier alpha value is -2.03. The fraction of sp³-hybridized carbons (Fsp3) is 0.400. The molecule has 0 amide bonds. The van der Waals surface area contributed by atoms with E-state index in [0.29, 0.717) is 19.7 Å². The van der Waals surface area contributed by atoms with E-state index in [4.69, 9.17) is 9.73 Å². The SMILES string of the molecule is CCNC(=NCc1ccccc1OCC)NCc1cccnc1N(C)C.I. The molecule has 7 heteroatoms. The van der Waals surface area contributed by atoms with Crippen molar-refractivity contribution in [3.8, 4) is 5.75 Å². The maximum absolute atomic E-state index is 5.68. The Bertz CT molecular complexity index is 721. The quantitative estimate of drug-likeness (QED) is 0.343. The summed E-state index contributed by atoms with van der Waals surface area (Å²) in [7, 11) is 3.99. The number of aromatic nitrogens is 1. The third kappa shape index (κ3) is 7.24. The lowest BCUT2D eigenvalue weighted by Crippen LogP contribution is -2.37. The van der Waals surface area contributed by atoms with Gasteiger partial charge < -0.3 is 20.3 Å². The first-order valence-electron chi connectivity index (χ1n) is 8.99. The lowest BCUT2D eigenvalue weighted by Gasteiger charge is -2.17. The van der Waals surface area contributed by atoms with E-state index < -0.39 is 0 Å². The molecule has 2 N–H and O–H groups in total. The number of guanidine groups is 1. The lowest BCUT2D eigenvalue weighted by atomic mass is 10.2. The summed E-state index contributed by atoms with van der Waals surface area (Å²) in [6.45, 7) is 6.70. The fourth-order valence-corrected chi connectivity index (χ4v) is 2.59. The molecular weight excluding hydrogens is 453 g/mol. The van der Waals surface area contributed by atoms with Crippen LogP contribution in [0.4, 0.5) is 5.82 Å². The number of ether oxygens (including phenoxy) is 1. The minimum atomic E-state index is 0. The molecule has 0 spiro atoms. The zero-order valence-corrected chi connectivity index (χ0v) is 18.9. The molecule has 0 aliphatic rings. The van der Waals surface area contributed by atoms with Gasteiger partial charge in [0.2, 0.25) is 0 Å². The van der Waals surface area contributed by atoms with Crippen molar-refractivity contribution in [3.63, 3.8) is 0 Å². The van der Waals surface area contributed by atoms with E-state index in [0.717, 1.165) is 35.2 Å². The van der Waals surface area contributed by atoms with Crippen molar-refractivity contribution in [3.05, 3.63) is 53.7 Å². The minimum Gasteiger partial charge on any atom is -0.494 e. The largest absolute Gasteiger partial charge is 0.494 e. The second-order valence-corrected chi connectivity index (χ2v) is 5.97. The van der Waals surface area contributed by atoms with Gasteiger partial charge in [-0.25, -0.2) is 9.98 Å². The molecule has 0 bridgehead atoms. The summed E-state index contributed by atoms with van der Waals surface area (Å²) in [6.07, 6.45) is 1.81. The summed E-state index contributed by atoms with van der Waals surface area (Å²) >= 11 is 0. The van der Waals surface area contributed by atoms with E-state index in [-0.39, 0.29) is 24.0 Å². The predicted octanol–water partition coefficient (Wildman–Crippen LogP) is 3.42. The van der Waals surface area contributed by atoms with Gasteiger partial charge in [0, 0.05) is 44.5 Å². The van der Waals surface area contributed by atoms with Gasteiger partial charge in [-0.1, -0.05) is 24.3 Å². The Morgan fingerprint density at radius 3 is 2.52 bits per heavy atom. The summed E-state index contributed by atoms with van der Waals surface area (Å²) in [5.41, 5.74) is 2.19. The number of pyridine rings is 1. The molecule has 1 aromatic heterocycles. The van der Waals surface area contributed by atoms with E-state index in [1.54, 1.807) is 0 Å². The third-order valence-electron chi connectivity index (χ3n) is 3.76. The van der Waals surface area contributed by atoms with Crippen LogP contribution in [-0.2, 0) is 13.1 Å². The zero-order valence-electron chi connectivity index (χ0n) is 16.5. The van der Waals surface area contributed by atoms with Gasteiger partial charge in [-0.05, 0) is 26.0 Å². The van der Waals surface area contributed by atoms with Crippen molar-refractivity contribution in [1.82, 2.24) is 15.6 Å². The molecule has 1 heterocycles. The number of rotatable bonds is 8.